The quantitative estimate of drug-likeness (QED) is 0.720. The van der Waals surface area contributed by atoms with Gasteiger partial charge in [-0.1, -0.05) is 18.2 Å². The van der Waals surface area contributed by atoms with Crippen LogP contribution in [-0.2, 0) is 9.59 Å². The molecule has 6 heteroatoms. The lowest BCUT2D eigenvalue weighted by Crippen LogP contribution is -2.43. The number of nitrogens with zero attached hydrogens (tertiary/aromatic N) is 1. The van der Waals surface area contributed by atoms with Crippen LogP contribution in [-0.4, -0.2) is 52.2 Å². The van der Waals surface area contributed by atoms with Gasteiger partial charge in [0, 0.05) is 18.7 Å². The number of aliphatic hydroxyl groups is 1. The average molecular weight is 264 g/mol. The number of anilines is 1. The van der Waals surface area contributed by atoms with Gasteiger partial charge in [-0.15, -0.1) is 0 Å². The minimum Gasteiger partial charge on any atom is -0.480 e. The Morgan fingerprint density at radius 1 is 1.32 bits per heavy atom. The zero-order chi connectivity index (χ0) is 13.8. The molecule has 1 aliphatic rings. The van der Waals surface area contributed by atoms with Crippen molar-refractivity contribution >= 4 is 17.6 Å². The fraction of sp³-hybridized carbons (Fsp3) is 0.385. The van der Waals surface area contributed by atoms with Crippen molar-refractivity contribution in [1.29, 1.82) is 0 Å². The van der Waals surface area contributed by atoms with Crippen molar-refractivity contribution in [3.05, 3.63) is 30.3 Å². The highest BCUT2D eigenvalue weighted by Crippen LogP contribution is 2.18. The Morgan fingerprint density at radius 3 is 2.63 bits per heavy atom. The molecule has 1 heterocycles. The van der Waals surface area contributed by atoms with E-state index >= 15 is 0 Å². The highest BCUT2D eigenvalue weighted by Gasteiger charge is 2.38. The van der Waals surface area contributed by atoms with Crippen LogP contribution in [0.15, 0.2) is 30.3 Å². The van der Waals surface area contributed by atoms with Crippen LogP contribution in [0, 0.1) is 0 Å². The van der Waals surface area contributed by atoms with Crippen LogP contribution in [0.25, 0.3) is 0 Å². The number of aliphatic hydroxyl groups excluding tert-OH is 1. The minimum absolute atomic E-state index is 0.0144. The topological polar surface area (TPSA) is 89.9 Å². The lowest BCUT2D eigenvalue weighted by Gasteiger charge is -2.21. The van der Waals surface area contributed by atoms with Crippen LogP contribution in [0.1, 0.15) is 6.42 Å². The predicted molar refractivity (Wildman–Crippen MR) is 68.7 cm³/mol. The molecule has 6 nitrogen and oxygen atoms in total. The van der Waals surface area contributed by atoms with E-state index in [0.717, 1.165) is 5.69 Å². The molecular formula is C13H16N2O4. The van der Waals surface area contributed by atoms with Gasteiger partial charge < -0.3 is 20.4 Å². The van der Waals surface area contributed by atoms with Gasteiger partial charge in [-0.3, -0.25) is 4.79 Å². The molecule has 0 saturated carbocycles. The second kappa shape index (κ2) is 5.71. The summed E-state index contributed by atoms with van der Waals surface area (Å²) in [5.74, 6) is -1.41. The maximum absolute atomic E-state index is 12.0. The summed E-state index contributed by atoms with van der Waals surface area (Å²) < 4.78 is 0. The number of carbonyl (C=O) groups is 2. The first-order valence-corrected chi connectivity index (χ1v) is 6.07. The number of hydrogen-bond acceptors (Lipinski definition) is 4. The number of para-hydroxylation sites is 1. The van der Waals surface area contributed by atoms with E-state index in [1.54, 1.807) is 0 Å². The van der Waals surface area contributed by atoms with Gasteiger partial charge in [-0.05, 0) is 12.1 Å². The van der Waals surface area contributed by atoms with Crippen molar-refractivity contribution in [3.8, 4) is 0 Å². The number of amides is 1. The molecule has 1 amide bonds. The number of carboxylic acid groups (broad SMARTS) is 1. The molecule has 0 aromatic heterocycles. The largest absolute Gasteiger partial charge is 0.480 e. The Labute approximate surface area is 110 Å². The Morgan fingerprint density at radius 2 is 2.00 bits per heavy atom. The summed E-state index contributed by atoms with van der Waals surface area (Å²) in [6, 6.07) is 8.25. The molecular weight excluding hydrogens is 248 g/mol. The zero-order valence-corrected chi connectivity index (χ0v) is 10.3. The second-order valence-electron chi connectivity index (χ2n) is 4.51. The van der Waals surface area contributed by atoms with Crippen molar-refractivity contribution in [2.45, 2.75) is 18.6 Å². The van der Waals surface area contributed by atoms with E-state index in [4.69, 9.17) is 5.11 Å². The van der Waals surface area contributed by atoms with Gasteiger partial charge in [0.05, 0.1) is 12.6 Å². The fourth-order valence-corrected chi connectivity index (χ4v) is 2.16. The molecule has 0 radical (unpaired) electrons. The summed E-state index contributed by atoms with van der Waals surface area (Å²) in [6.07, 6.45) is -0.673. The van der Waals surface area contributed by atoms with Crippen LogP contribution < -0.4 is 5.32 Å². The van der Waals surface area contributed by atoms with E-state index in [-0.39, 0.29) is 25.4 Å². The van der Waals surface area contributed by atoms with Crippen molar-refractivity contribution in [2.75, 3.05) is 18.4 Å². The van der Waals surface area contributed by atoms with Gasteiger partial charge in [0.25, 0.3) is 0 Å². The van der Waals surface area contributed by atoms with Gasteiger partial charge >= 0.3 is 5.97 Å². The molecule has 0 spiro atoms. The molecule has 102 valence electrons. The van der Waals surface area contributed by atoms with E-state index in [9.17, 15) is 14.7 Å². The van der Waals surface area contributed by atoms with Crippen LogP contribution in [0.5, 0.6) is 0 Å². The zero-order valence-electron chi connectivity index (χ0n) is 10.3. The molecule has 2 unspecified atom stereocenters. The van der Waals surface area contributed by atoms with Crippen LogP contribution in [0.3, 0.4) is 0 Å². The van der Waals surface area contributed by atoms with Crippen LogP contribution in [0.2, 0.25) is 0 Å². The Hall–Kier alpha value is -2.08. The van der Waals surface area contributed by atoms with Crippen molar-refractivity contribution in [1.82, 2.24) is 4.90 Å². The minimum atomic E-state index is -1.08. The summed E-state index contributed by atoms with van der Waals surface area (Å²) in [6.45, 7) is 0.0901. The van der Waals surface area contributed by atoms with Gasteiger partial charge in [0.2, 0.25) is 5.91 Å². The monoisotopic (exact) mass is 264 g/mol. The van der Waals surface area contributed by atoms with E-state index in [1.165, 1.54) is 4.90 Å². The Balaban J connectivity index is 1.94. The van der Waals surface area contributed by atoms with Crippen molar-refractivity contribution < 1.29 is 19.8 Å². The third-order valence-electron chi connectivity index (χ3n) is 3.10. The van der Waals surface area contributed by atoms with Crippen molar-refractivity contribution in [3.63, 3.8) is 0 Å². The first kappa shape index (κ1) is 13.4. The molecule has 3 N–H and O–H groups in total. The average Bonchev–Trinajstić information content (AvgIpc) is 2.79. The lowest BCUT2D eigenvalue weighted by molar-refractivity contribution is -0.147. The second-order valence-corrected chi connectivity index (χ2v) is 4.51. The molecule has 2 atom stereocenters. The number of aliphatic carboxylic acids is 1. The standard InChI is InChI=1S/C13H16N2O4/c16-10-6-11(13(18)19)15(8-10)12(17)7-14-9-4-2-1-3-5-9/h1-5,10-11,14,16H,6-8H2,(H,18,19). The summed E-state index contributed by atoms with van der Waals surface area (Å²) in [4.78, 5) is 24.2. The van der Waals surface area contributed by atoms with Gasteiger partial charge in [-0.2, -0.15) is 0 Å². The van der Waals surface area contributed by atoms with Gasteiger partial charge in [0.1, 0.15) is 6.04 Å². The normalized spacial score (nSPS) is 22.3. The number of carboxylic acids is 1. The first-order valence-electron chi connectivity index (χ1n) is 6.07. The first-order chi connectivity index (χ1) is 9.08. The van der Waals surface area contributed by atoms with E-state index in [2.05, 4.69) is 5.32 Å². The number of hydrogen-bond donors (Lipinski definition) is 3. The highest BCUT2D eigenvalue weighted by molar-refractivity contribution is 5.87. The molecule has 2 rings (SSSR count). The summed E-state index contributed by atoms with van der Waals surface area (Å²) >= 11 is 0. The summed E-state index contributed by atoms with van der Waals surface area (Å²) in [5, 5.41) is 21.4. The molecule has 0 aliphatic carbocycles. The molecule has 1 saturated heterocycles. The number of rotatable bonds is 4. The highest BCUT2D eigenvalue weighted by atomic mass is 16.4. The fourth-order valence-electron chi connectivity index (χ4n) is 2.16. The summed E-state index contributed by atoms with van der Waals surface area (Å²) in [7, 11) is 0. The number of carbonyl (C=O) groups excluding carboxylic acids is 1. The van der Waals surface area contributed by atoms with Crippen LogP contribution >= 0.6 is 0 Å². The molecule has 19 heavy (non-hydrogen) atoms. The van der Waals surface area contributed by atoms with Crippen molar-refractivity contribution in [2.24, 2.45) is 0 Å². The van der Waals surface area contributed by atoms with E-state index < -0.39 is 18.1 Å². The molecule has 1 aromatic rings. The third kappa shape index (κ3) is 3.23. The van der Waals surface area contributed by atoms with Gasteiger partial charge in [0.15, 0.2) is 0 Å². The Bertz CT molecular complexity index is 463. The van der Waals surface area contributed by atoms with E-state index in [1.807, 2.05) is 30.3 Å². The molecule has 0 bridgehead atoms. The molecule has 1 fully saturated rings. The maximum Gasteiger partial charge on any atom is 0.326 e. The number of β-amino-alcohol motifs (C(OH)–C–C–N with tert-alkyl or cyclic N) is 1. The Kier molecular flexibility index (Phi) is 4.01. The molecule has 1 aliphatic heterocycles. The summed E-state index contributed by atoms with van der Waals surface area (Å²) in [5.41, 5.74) is 0.794. The lowest BCUT2D eigenvalue weighted by atomic mass is 10.2. The number of nitrogens with one attached hydrogen (secondary N) is 1. The predicted octanol–water partition coefficient (Wildman–Crippen LogP) is 0.145. The number of likely N-dealkylation sites (tertiary alicyclic amines) is 1. The number of benzene rings is 1. The maximum atomic E-state index is 12.0. The SMILES string of the molecule is O=C(O)C1CC(O)CN1C(=O)CNc1ccccc1. The van der Waals surface area contributed by atoms with Crippen LogP contribution in [0.4, 0.5) is 5.69 Å². The molecule has 1 aromatic carbocycles. The van der Waals surface area contributed by atoms with E-state index in [0.29, 0.717) is 0 Å². The smallest absolute Gasteiger partial charge is 0.326 e. The third-order valence-corrected chi connectivity index (χ3v) is 3.10. The van der Waals surface area contributed by atoms with Gasteiger partial charge in [-0.25, -0.2) is 4.79 Å².